The van der Waals surface area contributed by atoms with E-state index in [2.05, 4.69) is 30.4 Å². The number of nitrogens with zero attached hydrogens (tertiary/aromatic N) is 5. The van der Waals surface area contributed by atoms with E-state index in [1.165, 1.54) is 18.3 Å². The molecular formula is C23H26F3N7O2. The first-order valence-electron chi connectivity index (χ1n) is 11.0. The summed E-state index contributed by atoms with van der Waals surface area (Å²) in [7, 11) is 1.91. The molecule has 2 N–H and O–H groups in total. The van der Waals surface area contributed by atoms with Crippen molar-refractivity contribution in [3.05, 3.63) is 53.6 Å². The minimum absolute atomic E-state index is 0.0364. The van der Waals surface area contributed by atoms with Gasteiger partial charge in [0.1, 0.15) is 11.9 Å². The highest BCUT2D eigenvalue weighted by atomic mass is 19.4. The molecule has 3 aromatic rings. The summed E-state index contributed by atoms with van der Waals surface area (Å²) >= 11 is 0. The lowest BCUT2D eigenvalue weighted by molar-refractivity contribution is -0.276. The molecule has 4 heterocycles. The van der Waals surface area contributed by atoms with Gasteiger partial charge in [-0.3, -0.25) is 9.48 Å². The zero-order valence-corrected chi connectivity index (χ0v) is 19.7. The molecule has 12 heteroatoms. The lowest BCUT2D eigenvalue weighted by Crippen LogP contribution is -2.49. The molecule has 0 fully saturated rings. The summed E-state index contributed by atoms with van der Waals surface area (Å²) < 4.78 is 42.3. The molecule has 3 aromatic heterocycles. The number of aryl methyl sites for hydroxylation is 1. The monoisotopic (exact) mass is 489 g/mol. The highest BCUT2D eigenvalue weighted by molar-refractivity contribution is 6.04. The quantitative estimate of drug-likeness (QED) is 0.519. The Balaban J connectivity index is 1.40. The molecule has 0 bridgehead atoms. The Bertz CT molecular complexity index is 1210. The predicted molar refractivity (Wildman–Crippen MR) is 124 cm³/mol. The summed E-state index contributed by atoms with van der Waals surface area (Å²) in [5.41, 5.74) is 3.91. The Morgan fingerprint density at radius 1 is 1.23 bits per heavy atom. The zero-order valence-electron chi connectivity index (χ0n) is 19.7. The third kappa shape index (κ3) is 5.64. The first-order chi connectivity index (χ1) is 16.5. The number of carbonyl (C=O) groups excluding carboxylic acids is 1. The Hall–Kier alpha value is -3.83. The van der Waals surface area contributed by atoms with Gasteiger partial charge >= 0.3 is 6.36 Å². The number of likely N-dealkylation sites (N-methyl/N-ethyl adjacent to an activating group) is 1. The number of ether oxygens (including phenoxy) is 1. The molecule has 4 rings (SSSR count). The molecular weight excluding hydrogens is 463 g/mol. The Morgan fingerprint density at radius 2 is 2.00 bits per heavy atom. The van der Waals surface area contributed by atoms with E-state index in [0.717, 1.165) is 11.3 Å². The van der Waals surface area contributed by atoms with E-state index in [4.69, 9.17) is 0 Å². The number of aromatic nitrogens is 4. The summed E-state index contributed by atoms with van der Waals surface area (Å²) in [6.45, 7) is 6.68. The van der Waals surface area contributed by atoms with Gasteiger partial charge in [-0.25, -0.2) is 9.97 Å². The average molecular weight is 490 g/mol. The maximum Gasteiger partial charge on any atom is 0.574 e. The minimum Gasteiger partial charge on any atom is -0.388 e. The van der Waals surface area contributed by atoms with Gasteiger partial charge < -0.3 is 20.3 Å². The summed E-state index contributed by atoms with van der Waals surface area (Å²) in [5, 5.41) is 10.6. The van der Waals surface area contributed by atoms with Gasteiger partial charge in [0.15, 0.2) is 0 Å². The highest BCUT2D eigenvalue weighted by Gasteiger charge is 2.34. The van der Waals surface area contributed by atoms with Crippen molar-refractivity contribution in [3.8, 4) is 5.88 Å². The fraction of sp³-hybridized carbons (Fsp3) is 0.391. The molecule has 1 aliphatic rings. The van der Waals surface area contributed by atoms with Crippen molar-refractivity contribution in [2.45, 2.75) is 46.3 Å². The van der Waals surface area contributed by atoms with Crippen molar-refractivity contribution < 1.29 is 22.7 Å². The van der Waals surface area contributed by atoms with Crippen LogP contribution in [0.4, 0.5) is 30.4 Å². The lowest BCUT2D eigenvalue weighted by Gasteiger charge is -2.38. The van der Waals surface area contributed by atoms with Crippen LogP contribution in [0.3, 0.4) is 0 Å². The summed E-state index contributed by atoms with van der Waals surface area (Å²) in [4.78, 5) is 22.7. The van der Waals surface area contributed by atoms with Crippen molar-refractivity contribution >= 4 is 23.1 Å². The van der Waals surface area contributed by atoms with Crippen molar-refractivity contribution in [1.29, 1.82) is 0 Å². The number of halogens is 3. The average Bonchev–Trinajstić information content (AvgIpc) is 3.20. The number of fused-ring (bicyclic) bond motifs is 1. The Kier molecular flexibility index (Phi) is 6.55. The molecule has 9 nitrogen and oxygen atoms in total. The summed E-state index contributed by atoms with van der Waals surface area (Å²) in [5.74, 6) is 0.270. The van der Waals surface area contributed by atoms with Crippen molar-refractivity contribution in [2.75, 3.05) is 22.6 Å². The molecule has 0 saturated heterocycles. The number of carbonyl (C=O) groups is 1. The lowest BCUT2D eigenvalue weighted by atomic mass is 9.98. The molecule has 0 unspecified atom stereocenters. The molecule has 0 aliphatic carbocycles. The maximum atomic E-state index is 12.5. The van der Waals surface area contributed by atoms with Crippen LogP contribution in [0.25, 0.3) is 0 Å². The van der Waals surface area contributed by atoms with Gasteiger partial charge in [-0.05, 0) is 18.4 Å². The molecule has 0 aromatic carbocycles. The van der Waals surface area contributed by atoms with Crippen LogP contribution in [0.2, 0.25) is 0 Å². The second kappa shape index (κ2) is 9.43. The van der Waals surface area contributed by atoms with Crippen LogP contribution in [0.15, 0.2) is 36.8 Å². The molecule has 35 heavy (non-hydrogen) atoms. The van der Waals surface area contributed by atoms with Crippen LogP contribution in [-0.2, 0) is 17.9 Å². The van der Waals surface area contributed by atoms with Crippen LogP contribution < -0.4 is 20.3 Å². The van der Waals surface area contributed by atoms with E-state index >= 15 is 0 Å². The molecule has 0 spiro atoms. The second-order valence-corrected chi connectivity index (χ2v) is 8.73. The highest BCUT2D eigenvalue weighted by Crippen LogP contribution is 2.36. The first kappa shape index (κ1) is 24.3. The van der Waals surface area contributed by atoms with Crippen LogP contribution in [0.5, 0.6) is 5.88 Å². The van der Waals surface area contributed by atoms with Gasteiger partial charge in [0.25, 0.3) is 0 Å². The number of anilines is 3. The van der Waals surface area contributed by atoms with Crippen LogP contribution in [-0.4, -0.2) is 45.1 Å². The molecule has 0 radical (unpaired) electrons. The third-order valence-corrected chi connectivity index (χ3v) is 5.65. The Morgan fingerprint density at radius 3 is 2.66 bits per heavy atom. The van der Waals surface area contributed by atoms with E-state index < -0.39 is 12.2 Å². The second-order valence-electron chi connectivity index (χ2n) is 8.73. The topological polar surface area (TPSA) is 97.2 Å². The van der Waals surface area contributed by atoms with Crippen molar-refractivity contribution in [3.63, 3.8) is 0 Å². The largest absolute Gasteiger partial charge is 0.574 e. The van der Waals surface area contributed by atoms with Crippen LogP contribution in [0, 0.1) is 12.8 Å². The van der Waals surface area contributed by atoms with E-state index in [1.54, 1.807) is 10.9 Å². The van der Waals surface area contributed by atoms with Crippen molar-refractivity contribution in [1.82, 2.24) is 19.7 Å². The molecule has 1 aliphatic heterocycles. The molecule has 1 amide bonds. The van der Waals surface area contributed by atoms with E-state index in [1.807, 2.05) is 45.0 Å². The van der Waals surface area contributed by atoms with E-state index in [-0.39, 0.29) is 17.9 Å². The minimum atomic E-state index is -4.77. The molecule has 186 valence electrons. The summed E-state index contributed by atoms with van der Waals surface area (Å²) in [6.07, 6.45) is 0.0804. The van der Waals surface area contributed by atoms with Gasteiger partial charge in [-0.15, -0.1) is 13.2 Å². The number of hydrogen-bond donors (Lipinski definition) is 2. The van der Waals surface area contributed by atoms with Crippen LogP contribution in [0.1, 0.15) is 30.7 Å². The van der Waals surface area contributed by atoms with Gasteiger partial charge in [0.05, 0.1) is 29.8 Å². The number of rotatable bonds is 7. The van der Waals surface area contributed by atoms with Gasteiger partial charge in [0, 0.05) is 43.7 Å². The molecule has 0 saturated carbocycles. The predicted octanol–water partition coefficient (Wildman–Crippen LogP) is 3.95. The fourth-order valence-corrected chi connectivity index (χ4v) is 4.10. The number of amides is 1. The van der Waals surface area contributed by atoms with Gasteiger partial charge in [-0.2, -0.15) is 5.10 Å². The first-order valence-corrected chi connectivity index (χ1v) is 11.0. The number of pyridine rings is 2. The Labute approximate surface area is 200 Å². The van der Waals surface area contributed by atoms with Gasteiger partial charge in [-0.1, -0.05) is 19.9 Å². The smallest absolute Gasteiger partial charge is 0.388 e. The number of alkyl halides is 3. The van der Waals surface area contributed by atoms with E-state index in [0.29, 0.717) is 35.9 Å². The summed E-state index contributed by atoms with van der Waals surface area (Å²) in [6, 6.07) is 4.33. The normalized spacial score (nSPS) is 15.7. The zero-order chi connectivity index (χ0) is 25.3. The standard InChI is InChI=1S/C23H26F3N7O2/c1-13(2)21-22(34)31-20-14(3)30-18(7-17(20)32(21)4)27-9-16-10-29-33(12-16)11-15-5-6-19(28-8-15)35-23(24,25)26/h5-8,10,12-13,21H,9,11H2,1-4H3,(H,27,30)(H,31,34)/t21-/m0/s1. The fourth-order valence-electron chi connectivity index (χ4n) is 4.10. The SMILES string of the molecule is Cc1nc(NCc2cnn(Cc3ccc(OC(F)(F)F)nc3)c2)cc2c1NC(=O)[C@H](C(C)C)N2C. The number of hydrogen-bond acceptors (Lipinski definition) is 7. The van der Waals surface area contributed by atoms with Crippen LogP contribution >= 0.6 is 0 Å². The van der Waals surface area contributed by atoms with E-state index in [9.17, 15) is 18.0 Å². The third-order valence-electron chi connectivity index (χ3n) is 5.65. The number of nitrogens with one attached hydrogen (secondary N) is 2. The van der Waals surface area contributed by atoms with Gasteiger partial charge in [0.2, 0.25) is 11.8 Å². The van der Waals surface area contributed by atoms with Crippen molar-refractivity contribution in [2.24, 2.45) is 5.92 Å². The molecule has 1 atom stereocenters. The maximum absolute atomic E-state index is 12.5.